The first-order valence-corrected chi connectivity index (χ1v) is 10.6. The van der Waals surface area contributed by atoms with Gasteiger partial charge in [0.2, 0.25) is 0 Å². The SMILES string of the molecule is C1COCCN1.Nc1cc(C(=O)Oc2cc(C(=O)O)cc([N+](=O)[O-])c2)cc(N2CCOCC2)c1. The molecule has 2 saturated heterocycles. The van der Waals surface area contributed by atoms with Crippen molar-refractivity contribution in [1.82, 2.24) is 5.32 Å². The van der Waals surface area contributed by atoms with Crippen molar-refractivity contribution in [3.8, 4) is 5.75 Å². The summed E-state index contributed by atoms with van der Waals surface area (Å²) >= 11 is 0. The van der Waals surface area contributed by atoms with Crippen LogP contribution in [0.2, 0.25) is 0 Å². The van der Waals surface area contributed by atoms with Crippen molar-refractivity contribution in [2.24, 2.45) is 0 Å². The molecule has 2 aromatic carbocycles. The Bertz CT molecular complexity index is 992. The fourth-order valence-electron chi connectivity index (χ4n) is 3.31. The second-order valence-corrected chi connectivity index (χ2v) is 7.44. The van der Waals surface area contributed by atoms with Crippen molar-refractivity contribution in [3.05, 3.63) is 57.6 Å². The molecule has 2 heterocycles. The van der Waals surface area contributed by atoms with E-state index in [2.05, 4.69) is 5.32 Å². The van der Waals surface area contributed by atoms with Crippen LogP contribution < -0.4 is 20.7 Å². The first-order valence-electron chi connectivity index (χ1n) is 10.6. The van der Waals surface area contributed by atoms with E-state index < -0.39 is 22.5 Å². The van der Waals surface area contributed by atoms with E-state index in [-0.39, 0.29) is 16.9 Å². The number of nitrogens with zero attached hydrogens (tertiary/aromatic N) is 2. The summed E-state index contributed by atoms with van der Waals surface area (Å²) in [6, 6.07) is 7.65. The van der Waals surface area contributed by atoms with Gasteiger partial charge in [0.05, 0.1) is 48.5 Å². The normalized spacial score (nSPS) is 15.6. The van der Waals surface area contributed by atoms with Gasteiger partial charge in [-0.1, -0.05) is 0 Å². The number of benzene rings is 2. The van der Waals surface area contributed by atoms with Crippen molar-refractivity contribution >= 4 is 29.0 Å². The second kappa shape index (κ2) is 11.9. The Labute approximate surface area is 195 Å². The molecule has 2 aromatic rings. The molecule has 2 aliphatic rings. The summed E-state index contributed by atoms with van der Waals surface area (Å²) in [5, 5.41) is 23.2. The number of aromatic carboxylic acids is 1. The van der Waals surface area contributed by atoms with Crippen LogP contribution in [-0.2, 0) is 9.47 Å². The van der Waals surface area contributed by atoms with Crippen molar-refractivity contribution in [2.45, 2.75) is 0 Å². The number of non-ortho nitro benzene ring substituents is 1. The van der Waals surface area contributed by atoms with Gasteiger partial charge in [-0.25, -0.2) is 9.59 Å². The summed E-state index contributed by atoms with van der Waals surface area (Å²) in [7, 11) is 0. The lowest BCUT2D eigenvalue weighted by molar-refractivity contribution is -0.384. The quantitative estimate of drug-likeness (QED) is 0.189. The molecule has 0 spiro atoms. The average molecular weight is 474 g/mol. The molecule has 4 rings (SSSR count). The van der Waals surface area contributed by atoms with Crippen LogP contribution in [-0.4, -0.2) is 74.6 Å². The Morgan fingerprint density at radius 3 is 2.24 bits per heavy atom. The van der Waals surface area contributed by atoms with Gasteiger partial charge in [-0.05, 0) is 24.3 Å². The fraction of sp³-hybridized carbons (Fsp3) is 0.364. The topological polar surface area (TPSA) is 166 Å². The Morgan fingerprint density at radius 1 is 1.00 bits per heavy atom. The van der Waals surface area contributed by atoms with Gasteiger partial charge in [-0.2, -0.15) is 0 Å². The van der Waals surface area contributed by atoms with Crippen LogP contribution in [0.25, 0.3) is 0 Å². The number of rotatable bonds is 5. The van der Waals surface area contributed by atoms with Crippen LogP contribution in [0.5, 0.6) is 5.75 Å². The standard InChI is InChI=1S/C18H17N3O7.C4H9NO/c19-13-5-12(7-14(9-13)20-1-3-27-4-2-20)18(24)28-16-8-11(17(22)23)6-15(10-16)21(25)26;1-3-6-4-2-5-1/h5-10H,1-4,19H2,(H,22,23);5H,1-4H2. The average Bonchev–Trinajstić information content (AvgIpc) is 2.85. The summed E-state index contributed by atoms with van der Waals surface area (Å²) in [6.07, 6.45) is 0. The number of esters is 1. The molecule has 0 unspecified atom stereocenters. The third-order valence-corrected chi connectivity index (χ3v) is 4.96. The molecule has 34 heavy (non-hydrogen) atoms. The minimum Gasteiger partial charge on any atom is -0.478 e. The number of nitro benzene ring substituents is 1. The van der Waals surface area contributed by atoms with E-state index >= 15 is 0 Å². The fourth-order valence-corrected chi connectivity index (χ4v) is 3.31. The van der Waals surface area contributed by atoms with Gasteiger partial charge in [0, 0.05) is 43.6 Å². The number of nitro groups is 1. The summed E-state index contributed by atoms with van der Waals surface area (Å²) < 4.78 is 15.5. The van der Waals surface area contributed by atoms with Crippen molar-refractivity contribution in [3.63, 3.8) is 0 Å². The van der Waals surface area contributed by atoms with Crippen LogP contribution in [0, 0.1) is 10.1 Å². The number of carboxylic acids is 1. The molecule has 0 atom stereocenters. The molecule has 2 fully saturated rings. The third kappa shape index (κ3) is 7.13. The molecule has 12 nitrogen and oxygen atoms in total. The Balaban J connectivity index is 0.000000469. The van der Waals surface area contributed by atoms with E-state index in [0.717, 1.165) is 50.2 Å². The van der Waals surface area contributed by atoms with Crippen LogP contribution in [0.3, 0.4) is 0 Å². The maximum absolute atomic E-state index is 12.5. The highest BCUT2D eigenvalue weighted by Gasteiger charge is 2.19. The molecule has 182 valence electrons. The Hall–Kier alpha value is -3.74. The summed E-state index contributed by atoms with van der Waals surface area (Å²) in [4.78, 5) is 35.9. The van der Waals surface area contributed by atoms with E-state index in [9.17, 15) is 19.7 Å². The highest BCUT2D eigenvalue weighted by atomic mass is 16.6. The first-order chi connectivity index (χ1) is 16.3. The number of nitrogens with one attached hydrogen (secondary N) is 1. The molecule has 0 amide bonds. The van der Waals surface area contributed by atoms with Crippen LogP contribution >= 0.6 is 0 Å². The van der Waals surface area contributed by atoms with Crippen LogP contribution in [0.1, 0.15) is 20.7 Å². The minimum absolute atomic E-state index is 0.143. The zero-order chi connectivity index (χ0) is 24.5. The largest absolute Gasteiger partial charge is 0.478 e. The Morgan fingerprint density at radius 2 is 1.68 bits per heavy atom. The number of hydrogen-bond donors (Lipinski definition) is 3. The highest BCUT2D eigenvalue weighted by Crippen LogP contribution is 2.26. The molecule has 12 heteroatoms. The van der Waals surface area contributed by atoms with E-state index in [1.807, 2.05) is 4.90 Å². The summed E-state index contributed by atoms with van der Waals surface area (Å²) in [6.45, 7) is 6.23. The zero-order valence-corrected chi connectivity index (χ0v) is 18.4. The maximum Gasteiger partial charge on any atom is 0.343 e. The van der Waals surface area contributed by atoms with Gasteiger partial charge in [0.25, 0.3) is 5.69 Å². The summed E-state index contributed by atoms with van der Waals surface area (Å²) in [5.74, 6) is -2.43. The van der Waals surface area contributed by atoms with Crippen LogP contribution in [0.15, 0.2) is 36.4 Å². The number of ether oxygens (including phenoxy) is 3. The van der Waals surface area contributed by atoms with Gasteiger partial charge < -0.3 is 35.3 Å². The molecule has 0 saturated carbocycles. The Kier molecular flexibility index (Phi) is 8.73. The molecular weight excluding hydrogens is 448 g/mol. The molecule has 0 bridgehead atoms. The summed E-state index contributed by atoms with van der Waals surface area (Å²) in [5.41, 5.74) is 6.25. The molecule has 0 aromatic heterocycles. The number of hydrogen-bond acceptors (Lipinski definition) is 10. The monoisotopic (exact) mass is 474 g/mol. The number of carboxylic acid groups (broad SMARTS) is 1. The van der Waals surface area contributed by atoms with Gasteiger partial charge in [-0.15, -0.1) is 0 Å². The first kappa shape index (κ1) is 24.9. The zero-order valence-electron chi connectivity index (χ0n) is 18.4. The number of carbonyl (C=O) groups is 2. The number of morpholine rings is 2. The lowest BCUT2D eigenvalue weighted by Gasteiger charge is -2.29. The number of nitrogen functional groups attached to an aromatic ring is 1. The predicted molar refractivity (Wildman–Crippen MR) is 123 cm³/mol. The predicted octanol–water partition coefficient (Wildman–Crippen LogP) is 1.54. The van der Waals surface area contributed by atoms with Gasteiger partial charge >= 0.3 is 11.9 Å². The van der Waals surface area contributed by atoms with Crippen molar-refractivity contribution in [2.75, 3.05) is 63.2 Å². The van der Waals surface area contributed by atoms with Gasteiger partial charge in [-0.3, -0.25) is 10.1 Å². The van der Waals surface area contributed by atoms with E-state index in [0.29, 0.717) is 32.0 Å². The minimum atomic E-state index is -1.38. The van der Waals surface area contributed by atoms with Crippen molar-refractivity contribution < 1.29 is 33.8 Å². The number of anilines is 2. The van der Waals surface area contributed by atoms with E-state index in [1.54, 1.807) is 12.1 Å². The van der Waals surface area contributed by atoms with E-state index in [4.69, 9.17) is 25.1 Å². The molecular formula is C22H26N4O8. The van der Waals surface area contributed by atoms with E-state index in [1.165, 1.54) is 6.07 Å². The number of nitrogens with two attached hydrogens (primary N) is 1. The number of carbonyl (C=O) groups excluding carboxylic acids is 1. The smallest absolute Gasteiger partial charge is 0.343 e. The van der Waals surface area contributed by atoms with Crippen LogP contribution in [0.4, 0.5) is 17.1 Å². The maximum atomic E-state index is 12.5. The molecule has 2 aliphatic heterocycles. The highest BCUT2D eigenvalue weighted by molar-refractivity contribution is 5.94. The second-order valence-electron chi connectivity index (χ2n) is 7.44. The molecule has 0 radical (unpaired) electrons. The lowest BCUT2D eigenvalue weighted by Crippen LogP contribution is -2.36. The molecule has 0 aliphatic carbocycles. The van der Waals surface area contributed by atoms with Gasteiger partial charge in [0.1, 0.15) is 5.75 Å². The third-order valence-electron chi connectivity index (χ3n) is 4.96. The van der Waals surface area contributed by atoms with Gasteiger partial charge in [0.15, 0.2) is 0 Å². The molecule has 4 N–H and O–H groups in total. The lowest BCUT2D eigenvalue weighted by atomic mass is 10.1. The van der Waals surface area contributed by atoms with Crippen molar-refractivity contribution in [1.29, 1.82) is 0 Å².